The third kappa shape index (κ3) is 5.84. The minimum atomic E-state index is 0.0950. The molecule has 3 fully saturated rings. The lowest BCUT2D eigenvalue weighted by Crippen LogP contribution is -2.58. The summed E-state index contributed by atoms with van der Waals surface area (Å²) in [7, 11) is 0. The second-order valence-electron chi connectivity index (χ2n) is 11.9. The van der Waals surface area contributed by atoms with Crippen molar-refractivity contribution in [3.63, 3.8) is 0 Å². The van der Waals surface area contributed by atoms with Crippen molar-refractivity contribution in [2.45, 2.75) is 90.1 Å². The average Bonchev–Trinajstić information content (AvgIpc) is 2.93. The molecule has 6 nitrogen and oxygen atoms in total. The molecule has 2 saturated heterocycles. The monoisotopic (exact) mass is 503 g/mol. The molecule has 3 heterocycles. The van der Waals surface area contributed by atoms with Crippen molar-refractivity contribution >= 4 is 11.6 Å². The SMILES string of the molecule is Cc1ncnc(C)c1C(=O)N1CCC(C)(N2CCC(N(CC3CCCCC3)c3ccccc3)CC2)CC1. The second-order valence-corrected chi connectivity index (χ2v) is 11.9. The van der Waals surface area contributed by atoms with Crippen molar-refractivity contribution in [3.05, 3.63) is 53.6 Å². The van der Waals surface area contributed by atoms with Crippen LogP contribution in [0, 0.1) is 19.8 Å². The molecule has 3 aliphatic rings. The number of aryl methyl sites for hydroxylation is 2. The minimum Gasteiger partial charge on any atom is -0.368 e. The van der Waals surface area contributed by atoms with E-state index < -0.39 is 0 Å². The van der Waals surface area contributed by atoms with Gasteiger partial charge in [0, 0.05) is 50.0 Å². The lowest BCUT2D eigenvalue weighted by Gasteiger charge is -2.51. The molecule has 0 spiro atoms. The number of hydrogen-bond donors (Lipinski definition) is 0. The summed E-state index contributed by atoms with van der Waals surface area (Å²) < 4.78 is 0. The predicted molar refractivity (Wildman–Crippen MR) is 150 cm³/mol. The maximum absolute atomic E-state index is 13.3. The molecule has 0 atom stereocenters. The van der Waals surface area contributed by atoms with Gasteiger partial charge in [-0.2, -0.15) is 0 Å². The third-order valence-corrected chi connectivity index (χ3v) is 9.50. The highest BCUT2D eigenvalue weighted by molar-refractivity contribution is 5.96. The number of benzene rings is 1. The molecule has 200 valence electrons. The fourth-order valence-electron chi connectivity index (χ4n) is 7.02. The largest absolute Gasteiger partial charge is 0.368 e. The molecule has 1 amide bonds. The van der Waals surface area contributed by atoms with Crippen molar-refractivity contribution < 1.29 is 4.79 Å². The van der Waals surface area contributed by atoms with Gasteiger partial charge in [-0.3, -0.25) is 9.69 Å². The summed E-state index contributed by atoms with van der Waals surface area (Å²) in [4.78, 5) is 29.3. The van der Waals surface area contributed by atoms with E-state index in [0.29, 0.717) is 11.6 Å². The number of amides is 1. The number of anilines is 1. The summed E-state index contributed by atoms with van der Waals surface area (Å²) in [6.45, 7) is 11.4. The van der Waals surface area contributed by atoms with E-state index in [9.17, 15) is 4.79 Å². The smallest absolute Gasteiger partial charge is 0.257 e. The van der Waals surface area contributed by atoms with Gasteiger partial charge in [-0.1, -0.05) is 37.5 Å². The van der Waals surface area contributed by atoms with Crippen molar-refractivity contribution in [3.8, 4) is 0 Å². The Bertz CT molecular complexity index is 1010. The van der Waals surface area contributed by atoms with Crippen molar-refractivity contribution in [2.75, 3.05) is 37.6 Å². The summed E-state index contributed by atoms with van der Waals surface area (Å²) in [6.07, 6.45) is 13.1. The minimum absolute atomic E-state index is 0.0950. The first kappa shape index (κ1) is 26.1. The highest BCUT2D eigenvalue weighted by Crippen LogP contribution is 2.35. The number of nitrogens with zero attached hydrogens (tertiary/aromatic N) is 5. The van der Waals surface area contributed by atoms with Crippen LogP contribution in [0.5, 0.6) is 0 Å². The van der Waals surface area contributed by atoms with E-state index >= 15 is 0 Å². The molecule has 1 saturated carbocycles. The van der Waals surface area contributed by atoms with Gasteiger partial charge in [0.05, 0.1) is 17.0 Å². The summed E-state index contributed by atoms with van der Waals surface area (Å²) in [5, 5.41) is 0. The lowest BCUT2D eigenvalue weighted by atomic mass is 9.84. The van der Waals surface area contributed by atoms with Crippen LogP contribution in [0.15, 0.2) is 36.7 Å². The van der Waals surface area contributed by atoms with E-state index in [1.165, 1.54) is 57.2 Å². The molecule has 2 aromatic rings. The van der Waals surface area contributed by atoms with Crippen LogP contribution in [0.3, 0.4) is 0 Å². The van der Waals surface area contributed by atoms with Crippen LogP contribution in [-0.4, -0.2) is 70.0 Å². The molecule has 1 aromatic heterocycles. The Labute approximate surface area is 223 Å². The van der Waals surface area contributed by atoms with Gasteiger partial charge in [0.1, 0.15) is 6.33 Å². The van der Waals surface area contributed by atoms with Gasteiger partial charge in [-0.25, -0.2) is 9.97 Å². The van der Waals surface area contributed by atoms with Crippen LogP contribution in [0.1, 0.15) is 86.5 Å². The molecule has 1 aliphatic carbocycles. The van der Waals surface area contributed by atoms with E-state index in [2.05, 4.69) is 57.0 Å². The van der Waals surface area contributed by atoms with Crippen molar-refractivity contribution in [1.29, 1.82) is 0 Å². The number of piperidine rings is 2. The Hall–Kier alpha value is -2.47. The molecule has 0 radical (unpaired) electrons. The summed E-state index contributed by atoms with van der Waals surface area (Å²) in [5.41, 5.74) is 3.82. The zero-order chi connectivity index (χ0) is 25.8. The van der Waals surface area contributed by atoms with Gasteiger partial charge < -0.3 is 9.80 Å². The first-order valence-corrected chi connectivity index (χ1v) is 14.6. The van der Waals surface area contributed by atoms with Crippen LogP contribution < -0.4 is 4.90 Å². The van der Waals surface area contributed by atoms with E-state index in [4.69, 9.17) is 0 Å². The summed E-state index contributed by atoms with van der Waals surface area (Å²) >= 11 is 0. The van der Waals surface area contributed by atoms with Gasteiger partial charge in [0.15, 0.2) is 0 Å². The maximum Gasteiger partial charge on any atom is 0.257 e. The molecule has 0 N–H and O–H groups in total. The molecule has 0 bridgehead atoms. The zero-order valence-electron chi connectivity index (χ0n) is 23.2. The van der Waals surface area contributed by atoms with Gasteiger partial charge in [-0.05, 0) is 77.3 Å². The van der Waals surface area contributed by atoms with Crippen molar-refractivity contribution in [2.24, 2.45) is 5.92 Å². The fourth-order valence-corrected chi connectivity index (χ4v) is 7.02. The summed E-state index contributed by atoms with van der Waals surface area (Å²) in [5.74, 6) is 0.936. The first-order chi connectivity index (χ1) is 17.9. The number of rotatable bonds is 6. The summed E-state index contributed by atoms with van der Waals surface area (Å²) in [6, 6.07) is 11.8. The number of hydrogen-bond acceptors (Lipinski definition) is 5. The molecule has 2 aliphatic heterocycles. The first-order valence-electron chi connectivity index (χ1n) is 14.6. The van der Waals surface area contributed by atoms with Crippen LogP contribution in [0.4, 0.5) is 5.69 Å². The van der Waals surface area contributed by atoms with Crippen LogP contribution in [-0.2, 0) is 0 Å². The Morgan fingerprint density at radius 2 is 1.54 bits per heavy atom. The highest BCUT2D eigenvalue weighted by Gasteiger charge is 2.40. The molecule has 37 heavy (non-hydrogen) atoms. The lowest BCUT2D eigenvalue weighted by molar-refractivity contribution is 0.0169. The second kappa shape index (κ2) is 11.5. The third-order valence-electron chi connectivity index (χ3n) is 9.50. The fraction of sp³-hybridized carbons (Fsp3) is 0.645. The standard InChI is InChI=1S/C31H45N5O/c1-24-29(25(2)33-23-32-24)30(37)34-20-16-31(3,17-21-34)35-18-14-28(15-19-35)36(27-12-8-5-9-13-27)22-26-10-6-4-7-11-26/h5,8-9,12-13,23,26,28H,4,6-7,10-11,14-22H2,1-3H3. The van der Waals surface area contributed by atoms with Crippen LogP contribution in [0.2, 0.25) is 0 Å². The van der Waals surface area contributed by atoms with Crippen LogP contribution in [0.25, 0.3) is 0 Å². The molecule has 1 aromatic carbocycles. The number of aromatic nitrogens is 2. The van der Waals surface area contributed by atoms with E-state index in [0.717, 1.165) is 56.3 Å². The number of para-hydroxylation sites is 1. The number of likely N-dealkylation sites (tertiary alicyclic amines) is 2. The molecular formula is C31H45N5O. The Balaban J connectivity index is 1.19. The Kier molecular flexibility index (Phi) is 8.13. The average molecular weight is 504 g/mol. The van der Waals surface area contributed by atoms with Crippen LogP contribution >= 0.6 is 0 Å². The normalized spacial score (nSPS) is 21.6. The molecule has 6 heteroatoms. The highest BCUT2D eigenvalue weighted by atomic mass is 16.2. The number of carbonyl (C=O) groups excluding carboxylic acids is 1. The van der Waals surface area contributed by atoms with Gasteiger partial charge in [0.25, 0.3) is 5.91 Å². The van der Waals surface area contributed by atoms with Gasteiger partial charge in [-0.15, -0.1) is 0 Å². The Morgan fingerprint density at radius 1 is 0.919 bits per heavy atom. The van der Waals surface area contributed by atoms with E-state index in [-0.39, 0.29) is 11.4 Å². The van der Waals surface area contributed by atoms with Gasteiger partial charge in [0.2, 0.25) is 0 Å². The zero-order valence-corrected chi connectivity index (χ0v) is 23.2. The van der Waals surface area contributed by atoms with E-state index in [1.807, 2.05) is 18.7 Å². The molecule has 0 unspecified atom stereocenters. The molecule has 5 rings (SSSR count). The number of carbonyl (C=O) groups is 1. The van der Waals surface area contributed by atoms with E-state index in [1.54, 1.807) is 6.33 Å². The topological polar surface area (TPSA) is 52.6 Å². The quantitative estimate of drug-likeness (QED) is 0.511. The van der Waals surface area contributed by atoms with Crippen molar-refractivity contribution in [1.82, 2.24) is 19.8 Å². The van der Waals surface area contributed by atoms with Gasteiger partial charge >= 0.3 is 0 Å². The maximum atomic E-state index is 13.3. The molecular weight excluding hydrogens is 458 g/mol. The Morgan fingerprint density at radius 3 is 2.16 bits per heavy atom. The predicted octanol–water partition coefficient (Wildman–Crippen LogP) is 5.64.